The van der Waals surface area contributed by atoms with Crippen molar-refractivity contribution in [1.82, 2.24) is 20.3 Å². The molecule has 1 aromatic carbocycles. The quantitative estimate of drug-likeness (QED) is 0.609. The average Bonchev–Trinajstić information content (AvgIpc) is 3.10. The Morgan fingerprint density at radius 3 is 2.61 bits per heavy atom. The van der Waals surface area contributed by atoms with E-state index in [0.717, 1.165) is 68.0 Å². The zero-order valence-electron chi connectivity index (χ0n) is 17.4. The number of aryl methyl sites for hydroxylation is 2. The monoisotopic (exact) mass is 385 g/mol. The maximum Gasteiger partial charge on any atom is 0.194 e. The Hall–Kier alpha value is -2.54. The maximum absolute atomic E-state index is 5.38. The van der Waals surface area contributed by atoms with Gasteiger partial charge in [0, 0.05) is 45.3 Å². The SMILES string of the molecule is CCNC(=NCc1cc(C)cc(OC)c1)N1CCN(Cc2cc(C)on2)CC1. The van der Waals surface area contributed by atoms with E-state index >= 15 is 0 Å². The highest BCUT2D eigenvalue weighted by Gasteiger charge is 2.20. The molecule has 0 radical (unpaired) electrons. The Labute approximate surface area is 167 Å². The molecule has 152 valence electrons. The van der Waals surface area contributed by atoms with Crippen LogP contribution in [0.4, 0.5) is 0 Å². The topological polar surface area (TPSA) is 66.1 Å². The van der Waals surface area contributed by atoms with Crippen molar-refractivity contribution in [3.05, 3.63) is 46.8 Å². The summed E-state index contributed by atoms with van der Waals surface area (Å²) in [5.41, 5.74) is 3.35. The molecule has 1 N–H and O–H groups in total. The van der Waals surface area contributed by atoms with Crippen molar-refractivity contribution in [2.45, 2.75) is 33.9 Å². The molecule has 0 atom stereocenters. The predicted molar refractivity (Wildman–Crippen MR) is 111 cm³/mol. The fourth-order valence-electron chi connectivity index (χ4n) is 3.47. The molecule has 1 aliphatic rings. The van der Waals surface area contributed by atoms with Crippen molar-refractivity contribution in [2.24, 2.45) is 4.99 Å². The third-order valence-electron chi connectivity index (χ3n) is 4.83. The Balaban J connectivity index is 1.59. The van der Waals surface area contributed by atoms with Crippen LogP contribution in [0.2, 0.25) is 0 Å². The van der Waals surface area contributed by atoms with Crippen LogP contribution < -0.4 is 10.1 Å². The molecule has 1 fully saturated rings. The molecule has 2 aromatic rings. The number of ether oxygens (including phenoxy) is 1. The van der Waals surface area contributed by atoms with E-state index in [4.69, 9.17) is 14.3 Å². The van der Waals surface area contributed by atoms with E-state index in [9.17, 15) is 0 Å². The van der Waals surface area contributed by atoms with E-state index in [2.05, 4.69) is 46.3 Å². The van der Waals surface area contributed by atoms with Crippen LogP contribution in [0.25, 0.3) is 0 Å². The molecule has 3 rings (SSSR count). The van der Waals surface area contributed by atoms with Crippen molar-refractivity contribution < 1.29 is 9.26 Å². The summed E-state index contributed by atoms with van der Waals surface area (Å²) in [6.45, 7) is 12.3. The largest absolute Gasteiger partial charge is 0.497 e. The zero-order valence-corrected chi connectivity index (χ0v) is 17.4. The molecule has 7 heteroatoms. The summed E-state index contributed by atoms with van der Waals surface area (Å²) in [5, 5.41) is 7.53. The number of aliphatic imine (C=N–C) groups is 1. The molecule has 0 saturated carbocycles. The number of guanidine groups is 1. The number of nitrogens with zero attached hydrogens (tertiary/aromatic N) is 4. The second-order valence-electron chi connectivity index (χ2n) is 7.22. The zero-order chi connectivity index (χ0) is 19.9. The minimum absolute atomic E-state index is 0.638. The average molecular weight is 386 g/mol. The van der Waals surface area contributed by atoms with Crippen LogP contribution in [0.1, 0.15) is 29.5 Å². The fourth-order valence-corrected chi connectivity index (χ4v) is 3.47. The number of hydrogen-bond donors (Lipinski definition) is 1. The normalized spacial score (nSPS) is 15.7. The van der Waals surface area contributed by atoms with Gasteiger partial charge in [0.15, 0.2) is 5.96 Å². The Morgan fingerprint density at radius 1 is 1.18 bits per heavy atom. The molecule has 1 aromatic heterocycles. The first-order chi connectivity index (χ1) is 13.6. The molecule has 0 spiro atoms. The highest BCUT2D eigenvalue weighted by atomic mass is 16.5. The van der Waals surface area contributed by atoms with E-state index in [0.29, 0.717) is 6.54 Å². The maximum atomic E-state index is 5.38. The van der Waals surface area contributed by atoms with Gasteiger partial charge >= 0.3 is 0 Å². The van der Waals surface area contributed by atoms with Gasteiger partial charge in [-0.05, 0) is 44.0 Å². The van der Waals surface area contributed by atoms with Crippen molar-refractivity contribution in [3.63, 3.8) is 0 Å². The van der Waals surface area contributed by atoms with Gasteiger partial charge in [-0.1, -0.05) is 11.2 Å². The number of hydrogen-bond acceptors (Lipinski definition) is 5. The molecule has 0 unspecified atom stereocenters. The second-order valence-corrected chi connectivity index (χ2v) is 7.22. The van der Waals surface area contributed by atoms with Gasteiger partial charge in [0.2, 0.25) is 0 Å². The third kappa shape index (κ3) is 5.48. The van der Waals surface area contributed by atoms with Crippen LogP contribution in [0.3, 0.4) is 0 Å². The smallest absolute Gasteiger partial charge is 0.194 e. The van der Waals surface area contributed by atoms with Crippen LogP contribution in [0.15, 0.2) is 33.8 Å². The molecule has 0 amide bonds. The summed E-state index contributed by atoms with van der Waals surface area (Å²) in [6, 6.07) is 8.26. The number of piperazine rings is 1. The lowest BCUT2D eigenvalue weighted by molar-refractivity contribution is 0.169. The second kappa shape index (κ2) is 9.59. The van der Waals surface area contributed by atoms with E-state index in [1.807, 2.05) is 19.1 Å². The summed E-state index contributed by atoms with van der Waals surface area (Å²) in [5.74, 6) is 2.72. The molecular weight excluding hydrogens is 354 g/mol. The van der Waals surface area contributed by atoms with Crippen LogP contribution in [-0.2, 0) is 13.1 Å². The van der Waals surface area contributed by atoms with Gasteiger partial charge in [-0.15, -0.1) is 0 Å². The summed E-state index contributed by atoms with van der Waals surface area (Å²) in [6.07, 6.45) is 0. The fraction of sp³-hybridized carbons (Fsp3) is 0.524. The summed E-state index contributed by atoms with van der Waals surface area (Å²) in [7, 11) is 1.70. The van der Waals surface area contributed by atoms with Gasteiger partial charge in [0.25, 0.3) is 0 Å². The van der Waals surface area contributed by atoms with Crippen LogP contribution >= 0.6 is 0 Å². The molecule has 1 saturated heterocycles. The Bertz CT molecular complexity index is 794. The van der Waals surface area contributed by atoms with E-state index in [-0.39, 0.29) is 0 Å². The molecular formula is C21H31N5O2. The van der Waals surface area contributed by atoms with Gasteiger partial charge in [0.05, 0.1) is 19.3 Å². The first kappa shape index (κ1) is 20.2. The van der Waals surface area contributed by atoms with Gasteiger partial charge in [-0.25, -0.2) is 4.99 Å². The number of rotatable bonds is 6. The van der Waals surface area contributed by atoms with E-state index < -0.39 is 0 Å². The van der Waals surface area contributed by atoms with Crippen molar-refractivity contribution in [1.29, 1.82) is 0 Å². The third-order valence-corrected chi connectivity index (χ3v) is 4.83. The molecule has 2 heterocycles. The lowest BCUT2D eigenvalue weighted by atomic mass is 10.1. The number of benzene rings is 1. The predicted octanol–water partition coefficient (Wildman–Crippen LogP) is 2.58. The minimum Gasteiger partial charge on any atom is -0.497 e. The van der Waals surface area contributed by atoms with E-state index in [1.54, 1.807) is 7.11 Å². The Morgan fingerprint density at radius 2 is 1.96 bits per heavy atom. The summed E-state index contributed by atoms with van der Waals surface area (Å²) in [4.78, 5) is 9.61. The molecule has 0 bridgehead atoms. The Kier molecular flexibility index (Phi) is 6.92. The van der Waals surface area contributed by atoms with Crippen LogP contribution in [0, 0.1) is 13.8 Å². The summed E-state index contributed by atoms with van der Waals surface area (Å²) >= 11 is 0. The highest BCUT2D eigenvalue weighted by Crippen LogP contribution is 2.17. The summed E-state index contributed by atoms with van der Waals surface area (Å²) < 4.78 is 10.5. The lowest BCUT2D eigenvalue weighted by Gasteiger charge is -2.36. The van der Waals surface area contributed by atoms with Crippen LogP contribution in [0.5, 0.6) is 5.75 Å². The van der Waals surface area contributed by atoms with E-state index in [1.165, 1.54) is 5.56 Å². The lowest BCUT2D eigenvalue weighted by Crippen LogP contribution is -2.52. The van der Waals surface area contributed by atoms with Gasteiger partial charge in [0.1, 0.15) is 11.5 Å². The first-order valence-electron chi connectivity index (χ1n) is 9.89. The molecule has 1 aliphatic heterocycles. The van der Waals surface area contributed by atoms with Gasteiger partial charge in [-0.3, -0.25) is 4.90 Å². The number of nitrogens with one attached hydrogen (secondary N) is 1. The number of methoxy groups -OCH3 is 1. The molecule has 28 heavy (non-hydrogen) atoms. The van der Waals surface area contributed by atoms with Crippen molar-refractivity contribution in [3.8, 4) is 5.75 Å². The molecule has 0 aliphatic carbocycles. The highest BCUT2D eigenvalue weighted by molar-refractivity contribution is 5.80. The first-order valence-corrected chi connectivity index (χ1v) is 9.89. The van der Waals surface area contributed by atoms with Crippen LogP contribution in [-0.4, -0.2) is 60.7 Å². The van der Waals surface area contributed by atoms with Gasteiger partial charge < -0.3 is 19.5 Å². The van der Waals surface area contributed by atoms with Crippen molar-refractivity contribution in [2.75, 3.05) is 39.8 Å². The van der Waals surface area contributed by atoms with Crippen molar-refractivity contribution >= 4 is 5.96 Å². The molecule has 7 nitrogen and oxygen atoms in total. The number of aromatic nitrogens is 1. The van der Waals surface area contributed by atoms with Gasteiger partial charge in [-0.2, -0.15) is 0 Å². The standard InChI is InChI=1S/C21H31N5O2/c1-5-22-21(23-14-18-10-16(2)11-20(13-18)27-4)26-8-6-25(7-9-26)15-19-12-17(3)28-24-19/h10-13H,5-9,14-15H2,1-4H3,(H,22,23). The minimum atomic E-state index is 0.638.